The average Bonchev–Trinajstić information content (AvgIpc) is 0.754. The molecule has 0 unspecified atom stereocenters. The maximum atomic E-state index is 6.16. The second-order valence-corrected chi connectivity index (χ2v) is 30.4. The Hall–Kier alpha value is -11.3. The third-order valence-electron chi connectivity index (χ3n) is 21.5. The third kappa shape index (κ3) is 27.1. The van der Waals surface area contributed by atoms with Crippen LogP contribution in [0.1, 0.15) is 89.9 Å². The zero-order valence-electron chi connectivity index (χ0n) is 71.8. The first-order valence-corrected chi connectivity index (χ1v) is 42.8. The van der Waals surface area contributed by atoms with E-state index in [2.05, 4.69) is 332 Å². The predicted octanol–water partition coefficient (Wildman–Crippen LogP) is 21.0. The maximum Gasteiger partial charge on any atom is 0.121 e. The van der Waals surface area contributed by atoms with Gasteiger partial charge in [0.15, 0.2) is 0 Å². The summed E-state index contributed by atoms with van der Waals surface area (Å²) in [6.07, 6.45) is 1.84. The monoisotopic (exact) mass is 1640 g/mol. The first-order chi connectivity index (χ1) is 60.0. The van der Waals surface area contributed by atoms with Crippen LogP contribution in [0.2, 0.25) is 0 Å². The molecule has 0 aliphatic rings. The molecule has 0 amide bonds. The molecule has 0 saturated carbocycles. The smallest absolute Gasteiger partial charge is 0.121 e. The van der Waals surface area contributed by atoms with Crippen LogP contribution in [-0.2, 0) is 59.9 Å². The summed E-state index contributed by atoms with van der Waals surface area (Å²) >= 11 is 0. The van der Waals surface area contributed by atoms with Gasteiger partial charge in [0.25, 0.3) is 0 Å². The van der Waals surface area contributed by atoms with Crippen LogP contribution in [0.4, 0.5) is 5.69 Å². The van der Waals surface area contributed by atoms with Crippen LogP contribution in [-0.4, -0.2) is 152 Å². The van der Waals surface area contributed by atoms with E-state index in [0.717, 1.165) is 63.8 Å². The molecule has 14 heteroatoms. The van der Waals surface area contributed by atoms with Crippen LogP contribution in [0.15, 0.2) is 297 Å². The molecule has 0 aliphatic heterocycles. The van der Waals surface area contributed by atoms with Gasteiger partial charge in [-0.15, -0.1) is 0 Å². The fourth-order valence-corrected chi connectivity index (χ4v) is 14.8. The van der Waals surface area contributed by atoms with Crippen molar-refractivity contribution in [3.05, 3.63) is 381 Å². The fraction of sp³-hybridized carbons (Fsp3) is 0.306. The second-order valence-electron chi connectivity index (χ2n) is 30.4. The van der Waals surface area contributed by atoms with Gasteiger partial charge >= 0.3 is 0 Å². The Morgan fingerprint density at radius 1 is 0.246 bits per heavy atom. The largest absolute Gasteiger partial charge is 0.491 e. The number of rotatable bonds is 51. The van der Waals surface area contributed by atoms with E-state index in [4.69, 9.17) is 61.6 Å². The molecule has 12 aromatic rings. The summed E-state index contributed by atoms with van der Waals surface area (Å²) in [5, 5.41) is 3.38. The normalized spacial score (nSPS) is 11.4. The summed E-state index contributed by atoms with van der Waals surface area (Å²) in [4.78, 5) is 0. The van der Waals surface area contributed by atoms with Crippen LogP contribution in [0.25, 0.3) is 22.3 Å². The Labute approximate surface area is 723 Å². The van der Waals surface area contributed by atoms with E-state index >= 15 is 0 Å². The molecule has 0 spiro atoms. The van der Waals surface area contributed by atoms with Gasteiger partial charge in [-0.05, 0) is 189 Å². The van der Waals surface area contributed by atoms with Crippen molar-refractivity contribution in [2.45, 2.75) is 65.2 Å². The van der Waals surface area contributed by atoms with Gasteiger partial charge in [-0.3, -0.25) is 0 Å². The maximum absolute atomic E-state index is 6.16. The molecule has 0 atom stereocenters. The highest BCUT2D eigenvalue weighted by Crippen LogP contribution is 2.48. The Kier molecular flexibility index (Phi) is 36.1. The third-order valence-corrected chi connectivity index (χ3v) is 21.5. The fourth-order valence-electron chi connectivity index (χ4n) is 14.8. The Morgan fingerprint density at radius 2 is 0.508 bits per heavy atom. The summed E-state index contributed by atoms with van der Waals surface area (Å²) in [5.74, 6) is 9.41. The molecule has 0 bridgehead atoms. The number of hydrogen-bond donors (Lipinski definition) is 1. The minimum atomic E-state index is -0.521. The van der Waals surface area contributed by atoms with Crippen LogP contribution in [0.5, 0.6) is 23.0 Å². The van der Waals surface area contributed by atoms with Crippen LogP contribution in [0.3, 0.4) is 0 Å². The molecule has 1 N–H and O–H groups in total. The zero-order valence-corrected chi connectivity index (χ0v) is 71.8. The summed E-state index contributed by atoms with van der Waals surface area (Å²) in [6, 6.07) is 106. The highest BCUT2D eigenvalue weighted by atomic mass is 16.6. The van der Waals surface area contributed by atoms with Crippen molar-refractivity contribution in [3.8, 4) is 57.1 Å². The lowest BCUT2D eigenvalue weighted by Crippen LogP contribution is -2.31. The molecule has 12 rings (SSSR count). The van der Waals surface area contributed by atoms with Crippen LogP contribution in [0, 0.1) is 53.4 Å². The number of hydrogen-bond acceptors (Lipinski definition) is 14. The van der Waals surface area contributed by atoms with Gasteiger partial charge in [-0.2, -0.15) is 0 Å². The summed E-state index contributed by atoms with van der Waals surface area (Å²) in [6.45, 7) is 23.7. The lowest BCUT2D eigenvalue weighted by Gasteiger charge is -2.37. The number of aryl methyl sites for hydroxylation is 7. The number of nitrogens with one attached hydrogen (secondary N) is 1. The number of anilines is 1. The molecule has 632 valence electrons. The predicted molar refractivity (Wildman–Crippen MR) is 490 cm³/mol. The second kappa shape index (κ2) is 49.0. The van der Waals surface area contributed by atoms with Gasteiger partial charge in [0, 0.05) is 42.1 Å². The van der Waals surface area contributed by atoms with Gasteiger partial charge in [-0.25, -0.2) is 0 Å². The molecule has 0 aliphatic carbocycles. The highest BCUT2D eigenvalue weighted by Gasteiger charge is 2.40. The minimum absolute atomic E-state index is 0.336. The van der Waals surface area contributed by atoms with E-state index < -0.39 is 10.8 Å². The van der Waals surface area contributed by atoms with Crippen molar-refractivity contribution >= 4 is 5.69 Å². The molecule has 12 aromatic carbocycles. The summed E-state index contributed by atoms with van der Waals surface area (Å²) < 4.78 is 76.0. The standard InChI is InChI=1S/C108H118NO13/c1-83-14-34-94(35-15-83)107(95-36-16-84(2)17-37-95,96-38-18-85(3)19-39-96)100-46-56-105(57-47-100)121-81-77-117-73-71-115-75-79-119-103-52-26-89(27-53-103)11-10-62-111-64-66-113-68-70-114-69-67-112-65-63-110-61-8-7-60-109-102-50-30-92(31-51-102)90-12-9-13-91(29-28-90)93-32-54-104(55-33-93)120-80-76-116-72-74-118-78-82-122-106-58-48-101(49-59-106)108(97-40-20-86(4)21-41-97,98-42-22-87(5)23-43-98)99-44-24-88(6)25-45-99/h9,12-59,109H,10-11,60-82H2,1-6H3/q+1. The van der Waals surface area contributed by atoms with E-state index in [-0.39, 0.29) is 0 Å². The summed E-state index contributed by atoms with van der Waals surface area (Å²) in [5.41, 5.74) is 22.6. The van der Waals surface area contributed by atoms with Gasteiger partial charge in [0.05, 0.1) is 129 Å². The first kappa shape index (κ1) is 90.0. The van der Waals surface area contributed by atoms with Gasteiger partial charge < -0.3 is 66.9 Å². The number of ether oxygens (including phenoxy) is 13. The van der Waals surface area contributed by atoms with Crippen molar-refractivity contribution in [2.24, 2.45) is 0 Å². The van der Waals surface area contributed by atoms with Crippen LogP contribution >= 0.6 is 0 Å². The lowest BCUT2D eigenvalue weighted by molar-refractivity contribution is -0.00925. The Morgan fingerprint density at radius 3 is 0.844 bits per heavy atom. The van der Waals surface area contributed by atoms with Gasteiger partial charge in [-0.1, -0.05) is 239 Å². The topological polar surface area (TPSA) is 132 Å². The quantitative estimate of drug-likeness (QED) is 0.0168. The van der Waals surface area contributed by atoms with E-state index in [0.29, 0.717) is 152 Å². The van der Waals surface area contributed by atoms with Crippen molar-refractivity contribution in [2.75, 3.05) is 157 Å². The SMILES string of the molecule is Cc1ccc(C(c2ccc(C)cc2)(c2ccc(C)cc2)c2ccc(OCCOCCOCCOc3ccc(CCCOCCOCCOCCOCCOCC#CCNc4ccc(-c5cc[cH+]c(-c6ccc(OCCOCCOCCOc7ccc(C(c8ccc(C)cc8)(c8ccc(C)cc8)c8ccc(C)cc8)cc7)cc6)cc5)cc4)cc3)cc2)cc1. The molecule has 0 aromatic heterocycles. The van der Waals surface area contributed by atoms with Crippen molar-refractivity contribution in [1.29, 1.82) is 0 Å². The van der Waals surface area contributed by atoms with E-state index in [9.17, 15) is 0 Å². The molecule has 0 radical (unpaired) electrons. The van der Waals surface area contributed by atoms with E-state index in [1.165, 1.54) is 83.5 Å². The molecular weight excluding hydrogens is 1520 g/mol. The molecule has 14 nitrogen and oxygen atoms in total. The molecule has 0 heterocycles. The van der Waals surface area contributed by atoms with Gasteiger partial charge in [0.1, 0.15) is 61.6 Å². The van der Waals surface area contributed by atoms with Gasteiger partial charge in [0.2, 0.25) is 0 Å². The minimum Gasteiger partial charge on any atom is -0.491 e. The highest BCUT2D eigenvalue weighted by molar-refractivity contribution is 5.70. The first-order valence-electron chi connectivity index (χ1n) is 42.8. The van der Waals surface area contributed by atoms with Crippen LogP contribution < -0.4 is 24.3 Å². The number of benzene rings is 11. The average molecular weight is 1640 g/mol. The lowest BCUT2D eigenvalue weighted by atomic mass is 9.65. The summed E-state index contributed by atoms with van der Waals surface area (Å²) in [7, 11) is 0. The molecule has 0 fully saturated rings. The molecule has 0 saturated heterocycles. The van der Waals surface area contributed by atoms with Crippen molar-refractivity contribution in [3.63, 3.8) is 0 Å². The van der Waals surface area contributed by atoms with E-state index in [1.54, 1.807) is 0 Å². The van der Waals surface area contributed by atoms with E-state index in [1.807, 2.05) is 24.3 Å². The molecule has 122 heavy (non-hydrogen) atoms. The molecular formula is C108H118NO13+. The Balaban J connectivity index is 0.423. The zero-order chi connectivity index (χ0) is 84.5. The van der Waals surface area contributed by atoms with Crippen molar-refractivity contribution in [1.82, 2.24) is 0 Å². The van der Waals surface area contributed by atoms with Crippen molar-refractivity contribution < 1.29 is 61.6 Å². The Bertz CT molecular complexity index is 4840.